The third-order valence-electron chi connectivity index (χ3n) is 2.31. The normalized spacial score (nSPS) is 10.3. The van der Waals surface area contributed by atoms with E-state index in [-0.39, 0.29) is 16.5 Å². The third kappa shape index (κ3) is 1.80. The molecule has 1 heterocycles. The molecule has 0 saturated heterocycles. The van der Waals surface area contributed by atoms with Crippen LogP contribution < -0.4 is 17.0 Å². The lowest BCUT2D eigenvalue weighted by atomic mass is 10.3. The maximum atomic E-state index is 11.7. The van der Waals surface area contributed by atoms with Gasteiger partial charge in [0.1, 0.15) is 5.82 Å². The van der Waals surface area contributed by atoms with Gasteiger partial charge in [-0.2, -0.15) is 0 Å². The van der Waals surface area contributed by atoms with Crippen LogP contribution >= 0.6 is 11.6 Å². The fourth-order valence-electron chi connectivity index (χ4n) is 1.50. The van der Waals surface area contributed by atoms with Crippen molar-refractivity contribution >= 4 is 23.1 Å². The minimum atomic E-state index is -0.934. The van der Waals surface area contributed by atoms with Crippen LogP contribution in [0.1, 0.15) is 0 Å². The second kappa shape index (κ2) is 4.46. The van der Waals surface area contributed by atoms with Gasteiger partial charge in [-0.3, -0.25) is 9.78 Å². The van der Waals surface area contributed by atoms with Crippen LogP contribution in [0.2, 0.25) is 5.02 Å². The zero-order chi connectivity index (χ0) is 13.3. The molecule has 8 heteroatoms. The number of halogens is 1. The Kier molecular flexibility index (Phi) is 2.99. The molecule has 1 aromatic carbocycles. The number of nitrogens with one attached hydrogen (secondary N) is 1. The van der Waals surface area contributed by atoms with E-state index < -0.39 is 16.9 Å². The maximum Gasteiger partial charge on any atom is 0.334 e. The van der Waals surface area contributed by atoms with Crippen LogP contribution in [0.5, 0.6) is 0 Å². The largest absolute Gasteiger partial charge is 0.383 e. The summed E-state index contributed by atoms with van der Waals surface area (Å²) in [5, 5.41) is 2.75. The number of rotatable bonds is 2. The monoisotopic (exact) mass is 266 g/mol. The number of hydrogen-bond donors (Lipinski definition) is 2. The molecular weight excluding hydrogens is 260 g/mol. The van der Waals surface area contributed by atoms with E-state index in [0.717, 1.165) is 4.57 Å². The molecule has 0 fully saturated rings. The molecule has 0 aliphatic carbocycles. The van der Waals surface area contributed by atoms with Crippen LogP contribution in [-0.4, -0.2) is 9.55 Å². The number of anilines is 1. The Bertz CT molecular complexity index is 735. The number of nitrogen functional groups attached to an aromatic ring is 1. The van der Waals surface area contributed by atoms with Crippen LogP contribution in [0.4, 0.5) is 11.5 Å². The first kappa shape index (κ1) is 12.1. The van der Waals surface area contributed by atoms with Gasteiger partial charge in [-0.05, 0) is 17.3 Å². The van der Waals surface area contributed by atoms with Crippen LogP contribution in [0.15, 0.2) is 39.0 Å². The van der Waals surface area contributed by atoms with Gasteiger partial charge in [0, 0.05) is 0 Å². The van der Waals surface area contributed by atoms with Crippen molar-refractivity contribution in [2.45, 2.75) is 0 Å². The number of aromatic nitrogens is 2. The molecule has 0 amide bonds. The molecule has 2 aromatic rings. The fourth-order valence-corrected chi connectivity index (χ4v) is 1.72. The lowest BCUT2D eigenvalue weighted by molar-refractivity contribution is 0.908. The van der Waals surface area contributed by atoms with Crippen LogP contribution in [0.25, 0.3) is 5.69 Å². The summed E-state index contributed by atoms with van der Waals surface area (Å²) in [7, 11) is 0. The number of H-pyrrole nitrogens is 1. The van der Waals surface area contributed by atoms with Crippen molar-refractivity contribution in [2.75, 3.05) is 5.73 Å². The summed E-state index contributed by atoms with van der Waals surface area (Å²) < 4.78 is 0.917. The highest BCUT2D eigenvalue weighted by molar-refractivity contribution is 6.32. The third-order valence-corrected chi connectivity index (χ3v) is 2.63. The van der Waals surface area contributed by atoms with E-state index in [1.165, 1.54) is 6.07 Å². The van der Waals surface area contributed by atoms with E-state index in [0.29, 0.717) is 0 Å². The van der Waals surface area contributed by atoms with Gasteiger partial charge in [-0.15, -0.1) is 4.91 Å². The van der Waals surface area contributed by atoms with Crippen molar-refractivity contribution in [2.24, 2.45) is 5.18 Å². The van der Waals surface area contributed by atoms with Gasteiger partial charge in [0.15, 0.2) is 0 Å². The van der Waals surface area contributed by atoms with Gasteiger partial charge in [0.2, 0.25) is 5.69 Å². The van der Waals surface area contributed by atoms with Crippen molar-refractivity contribution < 1.29 is 0 Å². The fraction of sp³-hybridized carbons (Fsp3) is 0. The quantitative estimate of drug-likeness (QED) is 0.795. The van der Waals surface area contributed by atoms with Crippen molar-refractivity contribution in [1.82, 2.24) is 9.55 Å². The van der Waals surface area contributed by atoms with Gasteiger partial charge >= 0.3 is 5.69 Å². The molecule has 0 aliphatic rings. The van der Waals surface area contributed by atoms with E-state index in [1.807, 2.05) is 4.98 Å². The van der Waals surface area contributed by atoms with Crippen molar-refractivity contribution in [3.05, 3.63) is 55.0 Å². The molecule has 7 nitrogen and oxygen atoms in total. The number of nitroso groups, excluding NO2 is 1. The molecule has 92 valence electrons. The van der Waals surface area contributed by atoms with Gasteiger partial charge in [0.05, 0.1) is 10.7 Å². The topological polar surface area (TPSA) is 110 Å². The molecule has 0 aliphatic heterocycles. The number of nitrogens with two attached hydrogens (primary N) is 1. The highest BCUT2D eigenvalue weighted by Gasteiger charge is 2.15. The number of benzene rings is 1. The Labute approximate surface area is 105 Å². The molecule has 0 saturated carbocycles. The van der Waals surface area contributed by atoms with Gasteiger partial charge in [0.25, 0.3) is 5.56 Å². The van der Waals surface area contributed by atoms with E-state index >= 15 is 0 Å². The predicted octanol–water partition coefficient (Wildman–Crippen LogP) is 1.16. The Morgan fingerprint density at radius 1 is 1.28 bits per heavy atom. The highest BCUT2D eigenvalue weighted by Crippen LogP contribution is 2.23. The molecule has 0 bridgehead atoms. The molecule has 3 N–H and O–H groups in total. The van der Waals surface area contributed by atoms with E-state index in [1.54, 1.807) is 18.2 Å². The molecule has 0 unspecified atom stereocenters. The lowest BCUT2D eigenvalue weighted by Crippen LogP contribution is -2.31. The SMILES string of the molecule is Nc1c(N=O)c(=O)[nH]c(=O)n1-c1ccccc1Cl. The average Bonchev–Trinajstić information content (AvgIpc) is 2.31. The maximum absolute atomic E-state index is 11.7. The second-order valence-corrected chi connectivity index (χ2v) is 3.78. The van der Waals surface area contributed by atoms with Crippen molar-refractivity contribution in [1.29, 1.82) is 0 Å². The standard InChI is InChI=1S/C10H7ClN4O3/c11-5-3-1-2-4-6(5)15-8(12)7(14-18)9(16)13-10(15)17/h1-4H,12H2,(H,13,16,17). The zero-order valence-corrected chi connectivity index (χ0v) is 9.64. The van der Waals surface area contributed by atoms with Gasteiger partial charge < -0.3 is 5.73 Å². The Hall–Kier alpha value is -2.41. The molecule has 1 aromatic heterocycles. The Morgan fingerprint density at radius 3 is 2.56 bits per heavy atom. The summed E-state index contributed by atoms with van der Waals surface area (Å²) in [5.41, 5.74) is 3.55. The van der Waals surface area contributed by atoms with Gasteiger partial charge in [-0.1, -0.05) is 23.7 Å². The first-order valence-corrected chi connectivity index (χ1v) is 5.17. The summed E-state index contributed by atoms with van der Waals surface area (Å²) >= 11 is 5.92. The first-order chi connectivity index (χ1) is 8.56. The molecule has 0 spiro atoms. The summed E-state index contributed by atoms with van der Waals surface area (Å²) in [5.74, 6) is -0.355. The van der Waals surface area contributed by atoms with Crippen molar-refractivity contribution in [3.8, 4) is 5.69 Å². The zero-order valence-electron chi connectivity index (χ0n) is 8.88. The number of nitrogens with zero attached hydrogens (tertiary/aromatic N) is 2. The average molecular weight is 267 g/mol. The number of aromatic amines is 1. The smallest absolute Gasteiger partial charge is 0.334 e. The molecule has 0 radical (unpaired) electrons. The highest BCUT2D eigenvalue weighted by atomic mass is 35.5. The summed E-state index contributed by atoms with van der Waals surface area (Å²) in [6.45, 7) is 0. The van der Waals surface area contributed by atoms with Crippen LogP contribution in [0, 0.1) is 4.91 Å². The number of para-hydroxylation sites is 1. The van der Waals surface area contributed by atoms with E-state index in [2.05, 4.69) is 5.18 Å². The van der Waals surface area contributed by atoms with Gasteiger partial charge in [-0.25, -0.2) is 9.36 Å². The Morgan fingerprint density at radius 2 is 1.94 bits per heavy atom. The lowest BCUT2D eigenvalue weighted by Gasteiger charge is -2.10. The summed E-state index contributed by atoms with van der Waals surface area (Å²) in [4.78, 5) is 35.5. The minimum Gasteiger partial charge on any atom is -0.383 e. The minimum absolute atomic E-state index is 0.246. The summed E-state index contributed by atoms with van der Waals surface area (Å²) in [6.07, 6.45) is 0. The van der Waals surface area contributed by atoms with Crippen LogP contribution in [0.3, 0.4) is 0 Å². The molecule has 2 rings (SSSR count). The predicted molar refractivity (Wildman–Crippen MR) is 67.5 cm³/mol. The Balaban J connectivity index is 2.89. The summed E-state index contributed by atoms with van der Waals surface area (Å²) in [6, 6.07) is 6.36. The molecule has 0 atom stereocenters. The number of hydrogen-bond acceptors (Lipinski definition) is 5. The second-order valence-electron chi connectivity index (χ2n) is 3.37. The van der Waals surface area contributed by atoms with E-state index in [9.17, 15) is 14.5 Å². The van der Waals surface area contributed by atoms with Crippen LogP contribution in [-0.2, 0) is 0 Å². The molecular formula is C10H7ClN4O3. The first-order valence-electron chi connectivity index (χ1n) is 4.79. The van der Waals surface area contributed by atoms with Crippen molar-refractivity contribution in [3.63, 3.8) is 0 Å². The van der Waals surface area contributed by atoms with E-state index in [4.69, 9.17) is 17.3 Å². The molecule has 18 heavy (non-hydrogen) atoms.